The van der Waals surface area contributed by atoms with E-state index in [9.17, 15) is 4.79 Å². The van der Waals surface area contributed by atoms with Gasteiger partial charge in [-0.05, 0) is 50.2 Å². The number of anilines is 1. The first-order valence-electron chi connectivity index (χ1n) is 7.49. The van der Waals surface area contributed by atoms with Crippen LogP contribution in [-0.2, 0) is 0 Å². The van der Waals surface area contributed by atoms with Crippen LogP contribution in [0.15, 0.2) is 42.5 Å². The van der Waals surface area contributed by atoms with Crippen molar-refractivity contribution >= 4 is 23.2 Å². The average molecular weight is 331 g/mol. The Hall–Kier alpha value is -2.20. The molecular weight excluding hydrogens is 312 g/mol. The van der Waals surface area contributed by atoms with Crippen LogP contribution in [0.25, 0.3) is 0 Å². The third-order valence-electron chi connectivity index (χ3n) is 3.88. The lowest BCUT2D eigenvalue weighted by molar-refractivity contribution is 0.0620. The second-order valence-electron chi connectivity index (χ2n) is 6.40. The van der Waals surface area contributed by atoms with Crippen molar-refractivity contribution in [3.63, 3.8) is 0 Å². The van der Waals surface area contributed by atoms with E-state index >= 15 is 0 Å². The van der Waals surface area contributed by atoms with E-state index in [0.717, 1.165) is 11.3 Å². The average Bonchev–Trinajstić information content (AvgIpc) is 2.47. The molecule has 3 N–H and O–H groups in total. The van der Waals surface area contributed by atoms with E-state index in [-0.39, 0.29) is 17.6 Å². The Kier molecular flexibility index (Phi) is 3.94. The maximum Gasteiger partial charge on any atom is 0.251 e. The molecule has 1 aliphatic rings. The molecule has 0 fully saturated rings. The number of nitrogens with two attached hydrogens (primary N) is 1. The molecule has 2 aromatic rings. The summed E-state index contributed by atoms with van der Waals surface area (Å²) in [5, 5.41) is 3.60. The van der Waals surface area contributed by atoms with Crippen LogP contribution >= 0.6 is 11.6 Å². The molecule has 4 nitrogen and oxygen atoms in total. The molecule has 23 heavy (non-hydrogen) atoms. The molecule has 1 heterocycles. The first-order chi connectivity index (χ1) is 10.8. The lowest BCUT2D eigenvalue weighted by atomic mass is 9.89. The van der Waals surface area contributed by atoms with E-state index in [0.29, 0.717) is 22.7 Å². The molecule has 0 spiro atoms. The van der Waals surface area contributed by atoms with Gasteiger partial charge in [0.2, 0.25) is 0 Å². The van der Waals surface area contributed by atoms with Gasteiger partial charge in [-0.2, -0.15) is 0 Å². The molecule has 0 radical (unpaired) electrons. The van der Waals surface area contributed by atoms with Crippen molar-refractivity contribution < 1.29 is 9.53 Å². The standard InChI is InChI=1S/C18H19ClN2O2/c1-18(2)10-15(14-9-13(20)6-7-16(14)23-18)21-17(22)11-4-3-5-12(19)8-11/h3-9,15H,10,20H2,1-2H3,(H,21,22). The zero-order valence-electron chi connectivity index (χ0n) is 13.1. The number of nitrogens with one attached hydrogen (secondary N) is 1. The van der Waals surface area contributed by atoms with Crippen molar-refractivity contribution in [1.82, 2.24) is 5.32 Å². The van der Waals surface area contributed by atoms with E-state index in [2.05, 4.69) is 5.32 Å². The summed E-state index contributed by atoms with van der Waals surface area (Å²) in [5.41, 5.74) is 7.61. The van der Waals surface area contributed by atoms with Crippen LogP contribution in [0.4, 0.5) is 5.69 Å². The van der Waals surface area contributed by atoms with Crippen molar-refractivity contribution in [3.8, 4) is 5.75 Å². The number of ether oxygens (including phenoxy) is 1. The minimum Gasteiger partial charge on any atom is -0.487 e. The van der Waals surface area contributed by atoms with E-state index in [1.807, 2.05) is 26.0 Å². The van der Waals surface area contributed by atoms with Gasteiger partial charge < -0.3 is 15.8 Å². The van der Waals surface area contributed by atoms with Crippen LogP contribution < -0.4 is 15.8 Å². The van der Waals surface area contributed by atoms with Gasteiger partial charge in [0.05, 0.1) is 6.04 Å². The maximum absolute atomic E-state index is 12.5. The van der Waals surface area contributed by atoms with Gasteiger partial charge in [0.25, 0.3) is 5.91 Å². The molecule has 0 aliphatic carbocycles. The summed E-state index contributed by atoms with van der Waals surface area (Å²) in [5.74, 6) is 0.593. The lowest BCUT2D eigenvalue weighted by Crippen LogP contribution is -2.41. The number of benzene rings is 2. The Balaban J connectivity index is 1.90. The zero-order chi connectivity index (χ0) is 16.6. The fourth-order valence-electron chi connectivity index (χ4n) is 2.87. The van der Waals surface area contributed by atoms with Crippen molar-refractivity contribution in [1.29, 1.82) is 0 Å². The monoisotopic (exact) mass is 330 g/mol. The fraction of sp³-hybridized carbons (Fsp3) is 0.278. The highest BCUT2D eigenvalue weighted by atomic mass is 35.5. The summed E-state index contributed by atoms with van der Waals surface area (Å²) >= 11 is 5.96. The van der Waals surface area contributed by atoms with Crippen LogP contribution in [0, 0.1) is 0 Å². The van der Waals surface area contributed by atoms with E-state index in [1.54, 1.807) is 30.3 Å². The van der Waals surface area contributed by atoms with Crippen LogP contribution in [0.1, 0.15) is 42.2 Å². The Labute approximate surface area is 140 Å². The highest BCUT2D eigenvalue weighted by molar-refractivity contribution is 6.30. The van der Waals surface area contributed by atoms with Gasteiger partial charge in [0.1, 0.15) is 11.4 Å². The quantitative estimate of drug-likeness (QED) is 0.819. The van der Waals surface area contributed by atoms with Gasteiger partial charge in [-0.3, -0.25) is 4.79 Å². The Morgan fingerprint density at radius 1 is 1.30 bits per heavy atom. The van der Waals surface area contributed by atoms with E-state index in [4.69, 9.17) is 22.1 Å². The Morgan fingerprint density at radius 3 is 2.83 bits per heavy atom. The van der Waals surface area contributed by atoms with Crippen molar-refractivity contribution in [2.45, 2.75) is 31.9 Å². The third kappa shape index (κ3) is 3.42. The maximum atomic E-state index is 12.5. The van der Waals surface area contributed by atoms with Crippen LogP contribution in [0.3, 0.4) is 0 Å². The van der Waals surface area contributed by atoms with Gasteiger partial charge in [0, 0.05) is 28.3 Å². The molecule has 120 valence electrons. The molecule has 0 saturated carbocycles. The molecule has 3 rings (SSSR count). The summed E-state index contributed by atoms with van der Waals surface area (Å²) in [6, 6.07) is 12.2. The normalized spacial score (nSPS) is 18.7. The summed E-state index contributed by atoms with van der Waals surface area (Å²) in [6.45, 7) is 4.01. The van der Waals surface area contributed by atoms with Gasteiger partial charge in [-0.25, -0.2) is 0 Å². The highest BCUT2D eigenvalue weighted by Gasteiger charge is 2.34. The van der Waals surface area contributed by atoms with Gasteiger partial charge in [0.15, 0.2) is 0 Å². The minimum atomic E-state index is -0.366. The number of rotatable bonds is 2. The molecule has 2 aromatic carbocycles. The predicted octanol–water partition coefficient (Wildman–Crippen LogP) is 3.95. The van der Waals surface area contributed by atoms with Crippen molar-refractivity contribution in [2.75, 3.05) is 5.73 Å². The zero-order valence-corrected chi connectivity index (χ0v) is 13.9. The fourth-order valence-corrected chi connectivity index (χ4v) is 3.06. The minimum absolute atomic E-state index is 0.163. The molecule has 5 heteroatoms. The smallest absolute Gasteiger partial charge is 0.251 e. The molecule has 1 unspecified atom stereocenters. The topological polar surface area (TPSA) is 64.4 Å². The molecule has 1 amide bonds. The Morgan fingerprint density at radius 2 is 2.09 bits per heavy atom. The van der Waals surface area contributed by atoms with Crippen LogP contribution in [-0.4, -0.2) is 11.5 Å². The van der Waals surface area contributed by atoms with Crippen LogP contribution in [0.2, 0.25) is 5.02 Å². The number of fused-ring (bicyclic) bond motifs is 1. The van der Waals surface area contributed by atoms with E-state index < -0.39 is 0 Å². The number of carbonyl (C=O) groups excluding carboxylic acids is 1. The number of carbonyl (C=O) groups is 1. The first-order valence-corrected chi connectivity index (χ1v) is 7.87. The van der Waals surface area contributed by atoms with Crippen LogP contribution in [0.5, 0.6) is 5.75 Å². The van der Waals surface area contributed by atoms with Crippen molar-refractivity contribution in [2.24, 2.45) is 0 Å². The number of nitrogen functional groups attached to an aromatic ring is 1. The van der Waals surface area contributed by atoms with Crippen molar-refractivity contribution in [3.05, 3.63) is 58.6 Å². The Bertz CT molecular complexity index is 758. The molecule has 0 bridgehead atoms. The molecule has 0 saturated heterocycles. The second-order valence-corrected chi connectivity index (χ2v) is 6.84. The number of amides is 1. The summed E-state index contributed by atoms with van der Waals surface area (Å²) < 4.78 is 5.98. The van der Waals surface area contributed by atoms with Gasteiger partial charge in [-0.15, -0.1) is 0 Å². The van der Waals surface area contributed by atoms with E-state index in [1.165, 1.54) is 0 Å². The summed E-state index contributed by atoms with van der Waals surface area (Å²) in [7, 11) is 0. The first kappa shape index (κ1) is 15.7. The number of hydrogen-bond donors (Lipinski definition) is 2. The second kappa shape index (κ2) is 5.78. The largest absolute Gasteiger partial charge is 0.487 e. The summed E-state index contributed by atoms with van der Waals surface area (Å²) in [6.07, 6.45) is 0.662. The predicted molar refractivity (Wildman–Crippen MR) is 91.8 cm³/mol. The number of halogens is 1. The lowest BCUT2D eigenvalue weighted by Gasteiger charge is -2.38. The molecule has 1 atom stereocenters. The molecule has 1 aliphatic heterocycles. The molecular formula is C18H19ClN2O2. The molecule has 0 aromatic heterocycles. The van der Waals surface area contributed by atoms with Gasteiger partial charge >= 0.3 is 0 Å². The van der Waals surface area contributed by atoms with Gasteiger partial charge in [-0.1, -0.05) is 17.7 Å². The highest BCUT2D eigenvalue weighted by Crippen LogP contribution is 2.40. The third-order valence-corrected chi connectivity index (χ3v) is 4.12. The number of hydrogen-bond acceptors (Lipinski definition) is 3. The SMILES string of the molecule is CC1(C)CC(NC(=O)c2cccc(Cl)c2)c2cc(N)ccc2O1. The summed E-state index contributed by atoms with van der Waals surface area (Å²) in [4.78, 5) is 12.5.